The van der Waals surface area contributed by atoms with E-state index in [0.29, 0.717) is 0 Å². The molecule has 1 aromatic carbocycles. The summed E-state index contributed by atoms with van der Waals surface area (Å²) < 4.78 is 5.09. The van der Waals surface area contributed by atoms with E-state index >= 15 is 0 Å². The number of nitriles is 1. The number of rotatable bonds is 4. The number of benzene rings is 1. The van der Waals surface area contributed by atoms with Crippen LogP contribution in [0.5, 0.6) is 5.75 Å². The lowest BCUT2D eigenvalue weighted by atomic mass is 9.88. The number of carbonyl (C=O) groups is 1. The van der Waals surface area contributed by atoms with Crippen LogP contribution in [0.15, 0.2) is 24.3 Å². The van der Waals surface area contributed by atoms with Gasteiger partial charge in [0, 0.05) is 5.92 Å². The Labute approximate surface area is 119 Å². The van der Waals surface area contributed by atoms with E-state index in [2.05, 4.69) is 11.4 Å². The van der Waals surface area contributed by atoms with Gasteiger partial charge in [0.25, 0.3) is 0 Å². The topological polar surface area (TPSA) is 62.1 Å². The van der Waals surface area contributed by atoms with Crippen LogP contribution in [0.25, 0.3) is 0 Å². The molecule has 0 bridgehead atoms. The third kappa shape index (κ3) is 3.51. The van der Waals surface area contributed by atoms with Gasteiger partial charge in [0.2, 0.25) is 5.91 Å². The third-order valence-electron chi connectivity index (χ3n) is 3.84. The molecule has 1 atom stereocenters. The zero-order chi connectivity index (χ0) is 14.4. The minimum absolute atomic E-state index is 0.00654. The summed E-state index contributed by atoms with van der Waals surface area (Å²) in [6, 6.07) is 8.79. The summed E-state index contributed by atoms with van der Waals surface area (Å²) in [5.74, 6) is 0.814. The van der Waals surface area contributed by atoms with Gasteiger partial charge in [-0.3, -0.25) is 4.79 Å². The summed E-state index contributed by atoms with van der Waals surface area (Å²) in [5, 5.41) is 12.1. The van der Waals surface area contributed by atoms with Crippen molar-refractivity contribution in [1.29, 1.82) is 5.26 Å². The van der Waals surface area contributed by atoms with E-state index in [9.17, 15) is 10.1 Å². The number of methoxy groups -OCH3 is 1. The van der Waals surface area contributed by atoms with E-state index < -0.39 is 6.04 Å². The minimum atomic E-state index is -0.588. The number of amides is 1. The fourth-order valence-electron chi connectivity index (χ4n) is 2.61. The smallest absolute Gasteiger partial charge is 0.224 e. The van der Waals surface area contributed by atoms with Crippen molar-refractivity contribution in [2.75, 3.05) is 7.11 Å². The highest BCUT2D eigenvalue weighted by molar-refractivity contribution is 5.79. The number of nitrogens with zero attached hydrogens (tertiary/aromatic N) is 1. The monoisotopic (exact) mass is 272 g/mol. The summed E-state index contributed by atoms with van der Waals surface area (Å²) in [6.07, 6.45) is 5.30. The molecular formula is C16H20N2O2. The maximum Gasteiger partial charge on any atom is 0.224 e. The second-order valence-corrected chi connectivity index (χ2v) is 5.18. The Bertz CT molecular complexity index is 484. The van der Waals surface area contributed by atoms with Crippen LogP contribution in [0, 0.1) is 17.2 Å². The predicted octanol–water partition coefficient (Wildman–Crippen LogP) is 2.96. The van der Waals surface area contributed by atoms with Crippen molar-refractivity contribution < 1.29 is 9.53 Å². The number of carbonyl (C=O) groups excluding carboxylic acids is 1. The van der Waals surface area contributed by atoms with Gasteiger partial charge in [-0.05, 0) is 30.5 Å². The van der Waals surface area contributed by atoms with Crippen LogP contribution in [0.4, 0.5) is 0 Å². The van der Waals surface area contributed by atoms with Crippen LogP contribution in [0.1, 0.15) is 43.7 Å². The molecule has 1 amide bonds. The quantitative estimate of drug-likeness (QED) is 0.916. The Kier molecular flexibility index (Phi) is 5.00. The molecule has 20 heavy (non-hydrogen) atoms. The zero-order valence-electron chi connectivity index (χ0n) is 11.8. The first-order valence-electron chi connectivity index (χ1n) is 7.08. The minimum Gasteiger partial charge on any atom is -0.497 e. The molecule has 1 saturated carbocycles. The van der Waals surface area contributed by atoms with E-state index in [1.54, 1.807) is 19.2 Å². The molecule has 0 aromatic heterocycles. The molecule has 0 heterocycles. The Morgan fingerprint density at radius 2 is 1.95 bits per heavy atom. The molecule has 2 rings (SSSR count). The molecule has 0 spiro atoms. The molecule has 1 aromatic rings. The molecule has 1 fully saturated rings. The van der Waals surface area contributed by atoms with E-state index in [0.717, 1.165) is 37.0 Å². The SMILES string of the molecule is COc1ccc(C(C#N)NC(=O)C2CCCCC2)cc1. The molecule has 4 heteroatoms. The number of hydrogen-bond donors (Lipinski definition) is 1. The average molecular weight is 272 g/mol. The van der Waals surface area contributed by atoms with Gasteiger partial charge in [-0.1, -0.05) is 31.4 Å². The van der Waals surface area contributed by atoms with E-state index in [1.807, 2.05) is 12.1 Å². The van der Waals surface area contributed by atoms with E-state index in [1.165, 1.54) is 6.42 Å². The van der Waals surface area contributed by atoms with Crippen molar-refractivity contribution in [3.63, 3.8) is 0 Å². The lowest BCUT2D eigenvalue weighted by Crippen LogP contribution is -2.34. The third-order valence-corrected chi connectivity index (χ3v) is 3.84. The van der Waals surface area contributed by atoms with Crippen molar-refractivity contribution in [3.05, 3.63) is 29.8 Å². The van der Waals surface area contributed by atoms with E-state index in [4.69, 9.17) is 4.74 Å². The first-order valence-corrected chi connectivity index (χ1v) is 7.08. The molecule has 1 aliphatic carbocycles. The summed E-state index contributed by atoms with van der Waals surface area (Å²) >= 11 is 0. The normalized spacial score (nSPS) is 17.0. The van der Waals surface area contributed by atoms with Crippen LogP contribution >= 0.6 is 0 Å². The highest BCUT2D eigenvalue weighted by Gasteiger charge is 2.23. The summed E-state index contributed by atoms with van der Waals surface area (Å²) in [5.41, 5.74) is 0.789. The predicted molar refractivity (Wildman–Crippen MR) is 76.1 cm³/mol. The average Bonchev–Trinajstić information content (AvgIpc) is 2.53. The molecule has 0 saturated heterocycles. The highest BCUT2D eigenvalue weighted by Crippen LogP contribution is 2.25. The summed E-state index contributed by atoms with van der Waals surface area (Å²) in [4.78, 5) is 12.2. The zero-order valence-corrected chi connectivity index (χ0v) is 11.8. The summed E-state index contributed by atoms with van der Waals surface area (Å²) in [7, 11) is 1.60. The molecule has 1 N–H and O–H groups in total. The maximum atomic E-state index is 12.2. The molecule has 0 aliphatic heterocycles. The number of ether oxygens (including phenoxy) is 1. The van der Waals surface area contributed by atoms with E-state index in [-0.39, 0.29) is 11.8 Å². The molecule has 106 valence electrons. The van der Waals surface area contributed by atoms with Crippen molar-refractivity contribution in [2.24, 2.45) is 5.92 Å². The fourth-order valence-corrected chi connectivity index (χ4v) is 2.61. The summed E-state index contributed by atoms with van der Waals surface area (Å²) in [6.45, 7) is 0. The standard InChI is InChI=1S/C16H20N2O2/c1-20-14-9-7-12(8-10-14)15(11-17)18-16(19)13-5-3-2-4-6-13/h7-10,13,15H,2-6H2,1H3,(H,18,19). The Balaban J connectivity index is 2.00. The van der Waals surface area contributed by atoms with Crippen LogP contribution in [-0.4, -0.2) is 13.0 Å². The second kappa shape index (κ2) is 6.95. The maximum absolute atomic E-state index is 12.2. The van der Waals surface area contributed by atoms with Crippen molar-refractivity contribution in [2.45, 2.75) is 38.1 Å². The van der Waals surface area contributed by atoms with Crippen molar-refractivity contribution >= 4 is 5.91 Å². The van der Waals surface area contributed by atoms with Crippen LogP contribution in [0.3, 0.4) is 0 Å². The van der Waals surface area contributed by atoms with Gasteiger partial charge < -0.3 is 10.1 Å². The van der Waals surface area contributed by atoms with Gasteiger partial charge in [-0.2, -0.15) is 5.26 Å². The van der Waals surface area contributed by atoms with Gasteiger partial charge in [0.15, 0.2) is 0 Å². The van der Waals surface area contributed by atoms with Crippen molar-refractivity contribution in [1.82, 2.24) is 5.32 Å². The lowest BCUT2D eigenvalue weighted by Gasteiger charge is -2.22. The van der Waals surface area contributed by atoms with Crippen LogP contribution < -0.4 is 10.1 Å². The Morgan fingerprint density at radius 3 is 2.50 bits per heavy atom. The first kappa shape index (κ1) is 14.4. The van der Waals surface area contributed by atoms with Crippen LogP contribution in [0.2, 0.25) is 0 Å². The largest absolute Gasteiger partial charge is 0.497 e. The van der Waals surface area contributed by atoms with Crippen molar-refractivity contribution in [3.8, 4) is 11.8 Å². The van der Waals surface area contributed by atoms with Gasteiger partial charge in [0.1, 0.15) is 11.8 Å². The fraction of sp³-hybridized carbons (Fsp3) is 0.500. The lowest BCUT2D eigenvalue weighted by molar-refractivity contribution is -0.126. The van der Waals surface area contributed by atoms with Gasteiger partial charge in [-0.25, -0.2) is 0 Å². The molecule has 4 nitrogen and oxygen atoms in total. The number of hydrogen-bond acceptors (Lipinski definition) is 3. The Morgan fingerprint density at radius 1 is 1.30 bits per heavy atom. The second-order valence-electron chi connectivity index (χ2n) is 5.18. The first-order chi connectivity index (χ1) is 9.74. The molecule has 1 unspecified atom stereocenters. The molecule has 0 radical (unpaired) electrons. The number of nitrogens with one attached hydrogen (secondary N) is 1. The Hall–Kier alpha value is -2.02. The van der Waals surface area contributed by atoms with Gasteiger partial charge >= 0.3 is 0 Å². The highest BCUT2D eigenvalue weighted by atomic mass is 16.5. The molecular weight excluding hydrogens is 252 g/mol. The molecule has 1 aliphatic rings. The van der Waals surface area contributed by atoms with Crippen LogP contribution in [-0.2, 0) is 4.79 Å². The van der Waals surface area contributed by atoms with Gasteiger partial charge in [-0.15, -0.1) is 0 Å². The van der Waals surface area contributed by atoms with Gasteiger partial charge in [0.05, 0.1) is 13.2 Å².